The van der Waals surface area contributed by atoms with Crippen molar-refractivity contribution < 1.29 is 4.79 Å². The van der Waals surface area contributed by atoms with Crippen LogP contribution in [0.1, 0.15) is 27.0 Å². The highest BCUT2D eigenvalue weighted by molar-refractivity contribution is 9.10. The van der Waals surface area contributed by atoms with E-state index in [1.807, 2.05) is 32.0 Å². The van der Waals surface area contributed by atoms with Crippen LogP contribution in [0.15, 0.2) is 40.9 Å². The van der Waals surface area contributed by atoms with E-state index in [2.05, 4.69) is 21.2 Å². The van der Waals surface area contributed by atoms with E-state index in [1.54, 1.807) is 18.2 Å². The van der Waals surface area contributed by atoms with Crippen molar-refractivity contribution in [1.29, 1.82) is 0 Å². The molecular weight excluding hydrogens is 348 g/mol. The molecule has 0 saturated carbocycles. The first-order valence-electron chi connectivity index (χ1n) is 6.37. The van der Waals surface area contributed by atoms with Crippen molar-refractivity contribution in [2.24, 2.45) is 5.73 Å². The number of carbonyl (C=O) groups excluding carboxylic acids is 1. The number of anilines is 1. The number of nitrogens with one attached hydrogen (secondary N) is 1. The van der Waals surface area contributed by atoms with Gasteiger partial charge >= 0.3 is 0 Å². The van der Waals surface area contributed by atoms with Gasteiger partial charge in [-0.2, -0.15) is 0 Å². The Morgan fingerprint density at radius 2 is 1.90 bits per heavy atom. The third kappa shape index (κ3) is 3.49. The highest BCUT2D eigenvalue weighted by Gasteiger charge is 2.13. The molecule has 0 spiro atoms. The zero-order valence-corrected chi connectivity index (χ0v) is 14.1. The predicted octanol–water partition coefficient (Wildman–Crippen LogP) is 3.95. The van der Waals surface area contributed by atoms with Crippen molar-refractivity contribution >= 4 is 44.7 Å². The summed E-state index contributed by atoms with van der Waals surface area (Å²) >= 11 is 8.40. The molecule has 0 saturated heterocycles. The standard InChI is InChI=1S/C16H15BrN2OS/c1-9-4-3-5-12(10(9)2)16(20)19-14-7-6-11(17)8-13(14)15(18)21/h3-8H,1-2H3,(H2,18,21)(H,19,20). The van der Waals surface area contributed by atoms with Gasteiger partial charge in [-0.25, -0.2) is 0 Å². The van der Waals surface area contributed by atoms with E-state index in [0.717, 1.165) is 15.6 Å². The lowest BCUT2D eigenvalue weighted by atomic mass is 10.0. The predicted molar refractivity (Wildman–Crippen MR) is 93.9 cm³/mol. The number of carbonyl (C=O) groups is 1. The largest absolute Gasteiger partial charge is 0.389 e. The van der Waals surface area contributed by atoms with E-state index in [9.17, 15) is 4.79 Å². The van der Waals surface area contributed by atoms with Crippen molar-refractivity contribution in [1.82, 2.24) is 0 Å². The third-order valence-electron chi connectivity index (χ3n) is 3.34. The molecule has 108 valence electrons. The fourth-order valence-corrected chi connectivity index (χ4v) is 2.55. The summed E-state index contributed by atoms with van der Waals surface area (Å²) in [6, 6.07) is 11.1. The monoisotopic (exact) mass is 362 g/mol. The lowest BCUT2D eigenvalue weighted by Gasteiger charge is -2.13. The maximum absolute atomic E-state index is 12.4. The summed E-state index contributed by atoms with van der Waals surface area (Å²) in [5, 5.41) is 2.88. The van der Waals surface area contributed by atoms with Crippen LogP contribution in [-0.4, -0.2) is 10.9 Å². The van der Waals surface area contributed by atoms with Gasteiger partial charge < -0.3 is 11.1 Å². The quantitative estimate of drug-likeness (QED) is 0.812. The van der Waals surface area contributed by atoms with Crippen LogP contribution < -0.4 is 11.1 Å². The van der Waals surface area contributed by atoms with Crippen molar-refractivity contribution in [2.45, 2.75) is 13.8 Å². The summed E-state index contributed by atoms with van der Waals surface area (Å²) in [7, 11) is 0. The average molecular weight is 363 g/mol. The van der Waals surface area contributed by atoms with Crippen molar-refractivity contribution in [3.05, 3.63) is 63.1 Å². The van der Waals surface area contributed by atoms with Gasteiger partial charge in [0.05, 0.1) is 5.69 Å². The summed E-state index contributed by atoms with van der Waals surface area (Å²) in [6.07, 6.45) is 0. The molecule has 3 nitrogen and oxygen atoms in total. The maximum Gasteiger partial charge on any atom is 0.255 e. The van der Waals surface area contributed by atoms with Gasteiger partial charge in [-0.1, -0.05) is 40.3 Å². The molecule has 0 fully saturated rings. The number of nitrogens with two attached hydrogens (primary N) is 1. The Kier molecular flexibility index (Phi) is 4.75. The molecule has 2 aromatic rings. The number of amides is 1. The zero-order valence-electron chi connectivity index (χ0n) is 11.7. The van der Waals surface area contributed by atoms with Crippen LogP contribution >= 0.6 is 28.1 Å². The first-order valence-corrected chi connectivity index (χ1v) is 7.57. The van der Waals surface area contributed by atoms with E-state index in [4.69, 9.17) is 18.0 Å². The lowest BCUT2D eigenvalue weighted by molar-refractivity contribution is 0.102. The molecule has 0 radical (unpaired) electrons. The summed E-state index contributed by atoms with van der Waals surface area (Å²) in [5.74, 6) is -0.170. The minimum absolute atomic E-state index is 0.170. The van der Waals surface area contributed by atoms with Gasteiger partial charge in [-0.3, -0.25) is 4.79 Å². The van der Waals surface area contributed by atoms with Crippen molar-refractivity contribution in [3.63, 3.8) is 0 Å². The molecule has 0 aliphatic rings. The van der Waals surface area contributed by atoms with Crippen LogP contribution in [0.4, 0.5) is 5.69 Å². The smallest absolute Gasteiger partial charge is 0.255 e. The molecule has 0 atom stereocenters. The molecule has 0 aromatic heterocycles. The highest BCUT2D eigenvalue weighted by Crippen LogP contribution is 2.22. The Balaban J connectivity index is 2.36. The molecule has 3 N–H and O–H groups in total. The van der Waals surface area contributed by atoms with Crippen LogP contribution in [0, 0.1) is 13.8 Å². The average Bonchev–Trinajstić information content (AvgIpc) is 2.43. The Morgan fingerprint density at radius 3 is 2.57 bits per heavy atom. The number of hydrogen-bond donors (Lipinski definition) is 2. The number of benzene rings is 2. The molecule has 21 heavy (non-hydrogen) atoms. The molecule has 0 heterocycles. The fraction of sp³-hybridized carbons (Fsp3) is 0.125. The number of rotatable bonds is 3. The number of thiocarbonyl (C=S) groups is 1. The maximum atomic E-state index is 12.4. The Hall–Kier alpha value is -1.72. The van der Waals surface area contributed by atoms with E-state index in [1.165, 1.54) is 0 Å². The molecule has 5 heteroatoms. The van der Waals surface area contributed by atoms with Crippen molar-refractivity contribution in [3.8, 4) is 0 Å². The van der Waals surface area contributed by atoms with E-state index in [0.29, 0.717) is 16.8 Å². The summed E-state index contributed by atoms with van der Waals surface area (Å²) in [6.45, 7) is 3.91. The third-order valence-corrected chi connectivity index (χ3v) is 4.06. The summed E-state index contributed by atoms with van der Waals surface area (Å²) < 4.78 is 0.857. The highest BCUT2D eigenvalue weighted by atomic mass is 79.9. The second-order valence-electron chi connectivity index (χ2n) is 4.76. The fourth-order valence-electron chi connectivity index (χ4n) is 2.02. The van der Waals surface area contributed by atoms with Gasteiger partial charge in [-0.05, 0) is 49.2 Å². The first-order chi connectivity index (χ1) is 9.90. The zero-order chi connectivity index (χ0) is 15.6. The minimum Gasteiger partial charge on any atom is -0.389 e. The number of aryl methyl sites for hydroxylation is 1. The minimum atomic E-state index is -0.170. The molecule has 0 unspecified atom stereocenters. The normalized spacial score (nSPS) is 10.2. The van der Waals surface area contributed by atoms with E-state index < -0.39 is 0 Å². The molecule has 1 amide bonds. The molecule has 2 aromatic carbocycles. The molecule has 0 bridgehead atoms. The Bertz CT molecular complexity index is 728. The summed E-state index contributed by atoms with van der Waals surface area (Å²) in [4.78, 5) is 12.7. The Labute approximate surface area is 137 Å². The van der Waals surface area contributed by atoms with Gasteiger partial charge in [0.2, 0.25) is 0 Å². The van der Waals surface area contributed by atoms with Crippen LogP contribution in [-0.2, 0) is 0 Å². The van der Waals surface area contributed by atoms with Gasteiger partial charge in [0, 0.05) is 15.6 Å². The van der Waals surface area contributed by atoms with E-state index in [-0.39, 0.29) is 10.9 Å². The molecule has 2 rings (SSSR count). The summed E-state index contributed by atoms with van der Waals surface area (Å²) in [5.41, 5.74) is 9.64. The van der Waals surface area contributed by atoms with Crippen molar-refractivity contribution in [2.75, 3.05) is 5.32 Å². The van der Waals surface area contributed by atoms with Crippen LogP contribution in [0.2, 0.25) is 0 Å². The van der Waals surface area contributed by atoms with E-state index >= 15 is 0 Å². The van der Waals surface area contributed by atoms with Crippen LogP contribution in [0.25, 0.3) is 0 Å². The van der Waals surface area contributed by atoms with Gasteiger partial charge in [-0.15, -0.1) is 0 Å². The molecule has 0 aliphatic carbocycles. The second kappa shape index (κ2) is 6.37. The SMILES string of the molecule is Cc1cccc(C(=O)Nc2ccc(Br)cc2C(N)=S)c1C. The molecular formula is C16H15BrN2OS. The van der Waals surface area contributed by atoms with Gasteiger partial charge in [0.25, 0.3) is 5.91 Å². The van der Waals surface area contributed by atoms with Gasteiger partial charge in [0.1, 0.15) is 4.99 Å². The van der Waals surface area contributed by atoms with Crippen LogP contribution in [0.3, 0.4) is 0 Å². The van der Waals surface area contributed by atoms with Crippen LogP contribution in [0.5, 0.6) is 0 Å². The lowest BCUT2D eigenvalue weighted by Crippen LogP contribution is -2.18. The molecule has 0 aliphatic heterocycles. The number of hydrogen-bond acceptors (Lipinski definition) is 2. The topological polar surface area (TPSA) is 55.1 Å². The van der Waals surface area contributed by atoms with Gasteiger partial charge in [0.15, 0.2) is 0 Å². The number of halogens is 1. The second-order valence-corrected chi connectivity index (χ2v) is 6.11. The first kappa shape index (κ1) is 15.7. The Morgan fingerprint density at radius 1 is 1.19 bits per heavy atom.